The standard InChI is InChI=1S/C26H30N2O5S2/c1-19(2)18-33-24-8-12-25(13-9-24)34(29,30)27-23-7-6-21-14-15-28(17-22(21)16-23)35(31,32)26-10-4-20(3)5-11-26/h4-13,16,19,27H,14-15,17-18H2,1-3H3. The topological polar surface area (TPSA) is 92.8 Å². The van der Waals surface area contributed by atoms with Crippen molar-refractivity contribution in [2.24, 2.45) is 5.92 Å². The third-order valence-corrected chi connectivity index (χ3v) is 9.07. The van der Waals surface area contributed by atoms with Gasteiger partial charge in [-0.2, -0.15) is 4.31 Å². The minimum absolute atomic E-state index is 0.121. The number of anilines is 1. The van der Waals surface area contributed by atoms with Crippen molar-refractivity contribution in [1.82, 2.24) is 4.31 Å². The first-order valence-electron chi connectivity index (χ1n) is 11.5. The number of nitrogens with zero attached hydrogens (tertiary/aromatic N) is 1. The molecule has 9 heteroatoms. The molecular weight excluding hydrogens is 484 g/mol. The lowest BCUT2D eigenvalue weighted by atomic mass is 10.0. The molecule has 3 aromatic rings. The van der Waals surface area contributed by atoms with Gasteiger partial charge in [0, 0.05) is 18.8 Å². The molecule has 0 saturated carbocycles. The number of nitrogens with one attached hydrogen (secondary N) is 1. The average Bonchev–Trinajstić information content (AvgIpc) is 2.82. The second-order valence-electron chi connectivity index (χ2n) is 9.17. The fourth-order valence-corrected chi connectivity index (χ4v) is 6.32. The molecule has 0 aromatic heterocycles. The highest BCUT2D eigenvalue weighted by molar-refractivity contribution is 7.92. The van der Waals surface area contributed by atoms with Crippen LogP contribution in [0.4, 0.5) is 5.69 Å². The Bertz CT molecular complexity index is 1400. The van der Waals surface area contributed by atoms with Gasteiger partial charge in [0.2, 0.25) is 10.0 Å². The Balaban J connectivity index is 1.50. The zero-order valence-corrected chi connectivity index (χ0v) is 21.7. The molecule has 3 aromatic carbocycles. The minimum atomic E-state index is -3.81. The van der Waals surface area contributed by atoms with Crippen molar-refractivity contribution in [1.29, 1.82) is 0 Å². The lowest BCUT2D eigenvalue weighted by Crippen LogP contribution is -2.36. The summed E-state index contributed by atoms with van der Waals surface area (Å²) < 4.78 is 61.8. The fourth-order valence-electron chi connectivity index (χ4n) is 3.85. The molecule has 0 bridgehead atoms. The van der Waals surface area contributed by atoms with Gasteiger partial charge in [0.05, 0.1) is 16.4 Å². The van der Waals surface area contributed by atoms with Gasteiger partial charge < -0.3 is 4.74 Å². The van der Waals surface area contributed by atoms with Crippen LogP contribution in [-0.2, 0) is 33.0 Å². The van der Waals surface area contributed by atoms with Crippen LogP contribution >= 0.6 is 0 Å². The SMILES string of the molecule is Cc1ccc(S(=O)(=O)N2CCc3ccc(NS(=O)(=O)c4ccc(OCC(C)C)cc4)cc3C2)cc1. The van der Waals surface area contributed by atoms with Crippen LogP contribution in [0.2, 0.25) is 0 Å². The van der Waals surface area contributed by atoms with Crippen LogP contribution in [-0.4, -0.2) is 34.3 Å². The van der Waals surface area contributed by atoms with Gasteiger partial charge in [0.1, 0.15) is 5.75 Å². The Morgan fingerprint density at radius 2 is 1.54 bits per heavy atom. The monoisotopic (exact) mass is 514 g/mol. The summed E-state index contributed by atoms with van der Waals surface area (Å²) >= 11 is 0. The van der Waals surface area contributed by atoms with E-state index in [9.17, 15) is 16.8 Å². The average molecular weight is 515 g/mol. The number of ether oxygens (including phenoxy) is 1. The molecule has 186 valence electrons. The zero-order valence-electron chi connectivity index (χ0n) is 20.1. The largest absolute Gasteiger partial charge is 0.493 e. The maximum Gasteiger partial charge on any atom is 0.261 e. The molecule has 35 heavy (non-hydrogen) atoms. The molecule has 1 aliphatic rings. The number of benzene rings is 3. The van der Waals surface area contributed by atoms with E-state index in [4.69, 9.17) is 4.74 Å². The van der Waals surface area contributed by atoms with Crippen LogP contribution in [0.3, 0.4) is 0 Å². The van der Waals surface area contributed by atoms with Crippen molar-refractivity contribution in [3.05, 3.63) is 83.4 Å². The third kappa shape index (κ3) is 5.86. The van der Waals surface area contributed by atoms with E-state index in [1.165, 1.54) is 16.4 Å². The van der Waals surface area contributed by atoms with Gasteiger partial charge >= 0.3 is 0 Å². The van der Waals surface area contributed by atoms with Crippen LogP contribution in [0.25, 0.3) is 0 Å². The van der Waals surface area contributed by atoms with Crippen molar-refractivity contribution < 1.29 is 21.6 Å². The summed E-state index contributed by atoms with van der Waals surface area (Å²) in [6.07, 6.45) is 0.561. The quantitative estimate of drug-likeness (QED) is 0.475. The summed E-state index contributed by atoms with van der Waals surface area (Å²) in [4.78, 5) is 0.375. The molecule has 0 unspecified atom stereocenters. The van der Waals surface area contributed by atoms with Gasteiger partial charge in [-0.25, -0.2) is 16.8 Å². The molecule has 7 nitrogen and oxygen atoms in total. The smallest absolute Gasteiger partial charge is 0.261 e. The molecule has 1 heterocycles. The molecule has 1 aliphatic heterocycles. The van der Waals surface area contributed by atoms with Crippen molar-refractivity contribution in [3.8, 4) is 5.75 Å². The van der Waals surface area contributed by atoms with Gasteiger partial charge in [0.25, 0.3) is 10.0 Å². The van der Waals surface area contributed by atoms with Gasteiger partial charge in [-0.05, 0) is 78.9 Å². The molecule has 0 aliphatic carbocycles. The summed E-state index contributed by atoms with van der Waals surface area (Å²) in [6.45, 7) is 7.10. The van der Waals surface area contributed by atoms with Crippen molar-refractivity contribution >= 4 is 25.7 Å². The van der Waals surface area contributed by atoms with E-state index < -0.39 is 20.0 Å². The lowest BCUT2D eigenvalue weighted by molar-refractivity contribution is 0.271. The predicted molar refractivity (Wildman–Crippen MR) is 137 cm³/mol. The Morgan fingerprint density at radius 3 is 2.20 bits per heavy atom. The van der Waals surface area contributed by atoms with Crippen molar-refractivity contribution in [2.75, 3.05) is 17.9 Å². The summed E-state index contributed by atoms with van der Waals surface area (Å²) in [5, 5.41) is 0. The second kappa shape index (κ2) is 10.0. The van der Waals surface area contributed by atoms with E-state index in [-0.39, 0.29) is 16.3 Å². The predicted octanol–water partition coefficient (Wildman–Crippen LogP) is 4.58. The third-order valence-electron chi connectivity index (χ3n) is 5.81. The molecule has 4 rings (SSSR count). The highest BCUT2D eigenvalue weighted by Crippen LogP contribution is 2.28. The molecular formula is C26H30N2O5S2. The number of hydrogen-bond donors (Lipinski definition) is 1. The first-order chi connectivity index (χ1) is 16.5. The molecule has 0 atom stereocenters. The van der Waals surface area contributed by atoms with E-state index in [1.54, 1.807) is 48.5 Å². The van der Waals surface area contributed by atoms with Crippen LogP contribution in [0.1, 0.15) is 30.5 Å². The first-order valence-corrected chi connectivity index (χ1v) is 14.4. The number of hydrogen-bond acceptors (Lipinski definition) is 5. The molecule has 1 N–H and O–H groups in total. The minimum Gasteiger partial charge on any atom is -0.493 e. The zero-order chi connectivity index (χ0) is 25.2. The molecule has 0 radical (unpaired) electrons. The van der Waals surface area contributed by atoms with E-state index in [0.29, 0.717) is 36.9 Å². The Kier molecular flexibility index (Phi) is 7.21. The maximum absolute atomic E-state index is 13.1. The van der Waals surface area contributed by atoms with E-state index >= 15 is 0 Å². The Hall–Kier alpha value is -2.88. The Labute approximate surface area is 207 Å². The number of rotatable bonds is 8. The summed E-state index contributed by atoms with van der Waals surface area (Å²) in [5.41, 5.74) is 3.17. The maximum atomic E-state index is 13.1. The second-order valence-corrected chi connectivity index (χ2v) is 12.8. The van der Waals surface area contributed by atoms with Crippen LogP contribution < -0.4 is 9.46 Å². The highest BCUT2D eigenvalue weighted by atomic mass is 32.2. The molecule has 0 fully saturated rings. The van der Waals surface area contributed by atoms with Gasteiger partial charge in [0.15, 0.2) is 0 Å². The van der Waals surface area contributed by atoms with Crippen molar-refractivity contribution in [2.45, 2.75) is 43.5 Å². The highest BCUT2D eigenvalue weighted by Gasteiger charge is 2.28. The summed E-state index contributed by atoms with van der Waals surface area (Å²) in [6, 6.07) is 18.3. The Morgan fingerprint density at radius 1 is 0.886 bits per heavy atom. The van der Waals surface area contributed by atoms with E-state index in [1.807, 2.05) is 26.8 Å². The normalized spacial score (nSPS) is 14.5. The van der Waals surface area contributed by atoms with E-state index in [0.717, 1.165) is 16.7 Å². The first kappa shape index (κ1) is 25.2. The molecule has 0 amide bonds. The fraction of sp³-hybridized carbons (Fsp3) is 0.308. The number of sulfonamides is 2. The van der Waals surface area contributed by atoms with Crippen LogP contribution in [0, 0.1) is 12.8 Å². The van der Waals surface area contributed by atoms with Crippen LogP contribution in [0.5, 0.6) is 5.75 Å². The van der Waals surface area contributed by atoms with Crippen molar-refractivity contribution in [3.63, 3.8) is 0 Å². The number of fused-ring (bicyclic) bond motifs is 1. The molecule has 0 spiro atoms. The lowest BCUT2D eigenvalue weighted by Gasteiger charge is -2.28. The van der Waals surface area contributed by atoms with E-state index in [2.05, 4.69) is 4.72 Å². The van der Waals surface area contributed by atoms with Crippen LogP contribution in [0.15, 0.2) is 76.5 Å². The van der Waals surface area contributed by atoms with Gasteiger partial charge in [-0.15, -0.1) is 0 Å². The van der Waals surface area contributed by atoms with Gasteiger partial charge in [-0.1, -0.05) is 37.6 Å². The summed E-state index contributed by atoms with van der Waals surface area (Å²) in [7, 11) is -7.46. The van der Waals surface area contributed by atoms with Gasteiger partial charge in [-0.3, -0.25) is 4.72 Å². The molecule has 0 saturated heterocycles. The summed E-state index contributed by atoms with van der Waals surface area (Å²) in [5.74, 6) is 0.980. The number of aryl methyl sites for hydroxylation is 1.